The highest BCUT2D eigenvalue weighted by molar-refractivity contribution is 14.1. The number of aromatic nitrogens is 2. The van der Waals surface area contributed by atoms with E-state index in [2.05, 4.69) is 33.8 Å². The third kappa shape index (κ3) is 2.77. The summed E-state index contributed by atoms with van der Waals surface area (Å²) < 4.78 is 8.52. The van der Waals surface area contributed by atoms with Crippen molar-refractivity contribution in [1.82, 2.24) is 9.78 Å². The summed E-state index contributed by atoms with van der Waals surface area (Å²) >= 11 is 2.23. The summed E-state index contributed by atoms with van der Waals surface area (Å²) in [5.74, 6) is 0.751. The van der Waals surface area contributed by atoms with Gasteiger partial charge in [0.1, 0.15) is 12.4 Å². The normalized spacial score (nSPS) is 9.94. The standard InChI is InChI=1S/C12H10IN3O/c1-16-12(11(13)7-15-16)8-17-10-4-2-9(6-14)3-5-10/h2-5,7H,8H2,1H3. The van der Waals surface area contributed by atoms with Crippen LogP contribution in [0, 0.1) is 14.9 Å². The first-order chi connectivity index (χ1) is 8.20. The van der Waals surface area contributed by atoms with Crippen LogP contribution in [0.4, 0.5) is 0 Å². The summed E-state index contributed by atoms with van der Waals surface area (Å²) in [4.78, 5) is 0. The van der Waals surface area contributed by atoms with Crippen molar-refractivity contribution in [3.05, 3.63) is 45.3 Å². The SMILES string of the molecule is Cn1ncc(I)c1COc1ccc(C#N)cc1. The molecule has 2 aromatic rings. The molecular formula is C12H10IN3O. The molecule has 0 N–H and O–H groups in total. The number of hydrogen-bond acceptors (Lipinski definition) is 3. The molecule has 0 aliphatic carbocycles. The largest absolute Gasteiger partial charge is 0.487 e. The summed E-state index contributed by atoms with van der Waals surface area (Å²) in [5.41, 5.74) is 1.67. The summed E-state index contributed by atoms with van der Waals surface area (Å²) in [6.45, 7) is 0.473. The van der Waals surface area contributed by atoms with Crippen LogP contribution in [0.1, 0.15) is 11.3 Å². The zero-order chi connectivity index (χ0) is 12.3. The molecule has 0 bridgehead atoms. The zero-order valence-electron chi connectivity index (χ0n) is 9.22. The van der Waals surface area contributed by atoms with Crippen molar-refractivity contribution < 1.29 is 4.74 Å². The zero-order valence-corrected chi connectivity index (χ0v) is 11.4. The maximum absolute atomic E-state index is 8.68. The van der Waals surface area contributed by atoms with Gasteiger partial charge in [0.15, 0.2) is 0 Å². The van der Waals surface area contributed by atoms with Crippen molar-refractivity contribution in [2.75, 3.05) is 0 Å². The van der Waals surface area contributed by atoms with Crippen LogP contribution in [0.2, 0.25) is 0 Å². The van der Waals surface area contributed by atoms with E-state index in [1.807, 2.05) is 7.05 Å². The quantitative estimate of drug-likeness (QED) is 0.808. The smallest absolute Gasteiger partial charge is 0.131 e. The molecule has 1 aromatic carbocycles. The van der Waals surface area contributed by atoms with Crippen LogP contribution in [0.5, 0.6) is 5.75 Å². The van der Waals surface area contributed by atoms with Gasteiger partial charge < -0.3 is 4.74 Å². The Labute approximate surface area is 113 Å². The Kier molecular flexibility index (Phi) is 3.64. The Bertz CT molecular complexity index is 535. The number of nitrogens with zero attached hydrogens (tertiary/aromatic N) is 3. The highest BCUT2D eigenvalue weighted by Crippen LogP contribution is 2.16. The molecule has 0 atom stereocenters. The predicted octanol–water partition coefficient (Wildman–Crippen LogP) is 2.48. The lowest BCUT2D eigenvalue weighted by atomic mass is 10.2. The van der Waals surface area contributed by atoms with E-state index in [4.69, 9.17) is 10.00 Å². The number of benzene rings is 1. The van der Waals surface area contributed by atoms with E-state index < -0.39 is 0 Å². The summed E-state index contributed by atoms with van der Waals surface area (Å²) in [5, 5.41) is 12.8. The molecule has 0 aliphatic heterocycles. The van der Waals surface area contributed by atoms with Crippen LogP contribution in [-0.2, 0) is 13.7 Å². The minimum atomic E-state index is 0.473. The Morgan fingerprint density at radius 3 is 2.65 bits per heavy atom. The number of rotatable bonds is 3. The van der Waals surface area contributed by atoms with Gasteiger partial charge >= 0.3 is 0 Å². The molecule has 0 aliphatic rings. The van der Waals surface area contributed by atoms with Gasteiger partial charge in [0.2, 0.25) is 0 Å². The average molecular weight is 339 g/mol. The van der Waals surface area contributed by atoms with Crippen molar-refractivity contribution in [3.63, 3.8) is 0 Å². The van der Waals surface area contributed by atoms with E-state index >= 15 is 0 Å². The van der Waals surface area contributed by atoms with Gasteiger partial charge in [0, 0.05) is 7.05 Å². The highest BCUT2D eigenvalue weighted by atomic mass is 127. The summed E-state index contributed by atoms with van der Waals surface area (Å²) in [7, 11) is 1.89. The van der Waals surface area contributed by atoms with Gasteiger partial charge in [-0.05, 0) is 46.9 Å². The van der Waals surface area contributed by atoms with Crippen LogP contribution >= 0.6 is 22.6 Å². The summed E-state index contributed by atoms with van der Waals surface area (Å²) in [6.07, 6.45) is 1.80. The fraction of sp³-hybridized carbons (Fsp3) is 0.167. The molecule has 86 valence electrons. The van der Waals surface area contributed by atoms with Gasteiger partial charge in [-0.25, -0.2) is 0 Å². The molecule has 1 aromatic heterocycles. The minimum absolute atomic E-state index is 0.473. The topological polar surface area (TPSA) is 50.8 Å². The van der Waals surface area contributed by atoms with Gasteiger partial charge in [0.25, 0.3) is 0 Å². The third-order valence-electron chi connectivity index (χ3n) is 2.37. The lowest BCUT2D eigenvalue weighted by molar-refractivity contribution is 0.294. The molecule has 0 saturated heterocycles. The number of aryl methyl sites for hydroxylation is 1. The molecule has 17 heavy (non-hydrogen) atoms. The van der Waals surface area contributed by atoms with E-state index in [0.717, 1.165) is 15.0 Å². The first-order valence-corrected chi connectivity index (χ1v) is 6.08. The highest BCUT2D eigenvalue weighted by Gasteiger charge is 2.06. The van der Waals surface area contributed by atoms with E-state index in [1.165, 1.54) is 0 Å². The van der Waals surface area contributed by atoms with Crippen molar-refractivity contribution >= 4 is 22.6 Å². The van der Waals surface area contributed by atoms with E-state index in [9.17, 15) is 0 Å². The Morgan fingerprint density at radius 1 is 1.41 bits per heavy atom. The fourth-order valence-electron chi connectivity index (χ4n) is 1.38. The number of nitriles is 1. The number of halogens is 1. The molecule has 0 unspecified atom stereocenters. The first kappa shape index (κ1) is 11.9. The van der Waals surface area contributed by atoms with Crippen LogP contribution < -0.4 is 4.74 Å². The van der Waals surface area contributed by atoms with Crippen molar-refractivity contribution in [1.29, 1.82) is 5.26 Å². The number of ether oxygens (including phenoxy) is 1. The van der Waals surface area contributed by atoms with Gasteiger partial charge in [0.05, 0.1) is 27.1 Å². The predicted molar refractivity (Wildman–Crippen MR) is 71.4 cm³/mol. The van der Waals surface area contributed by atoms with E-state index in [0.29, 0.717) is 12.2 Å². The molecule has 0 amide bonds. The monoisotopic (exact) mass is 339 g/mol. The van der Waals surface area contributed by atoms with E-state index in [1.54, 1.807) is 35.1 Å². The molecular weight excluding hydrogens is 329 g/mol. The maximum atomic E-state index is 8.68. The molecule has 4 nitrogen and oxygen atoms in total. The minimum Gasteiger partial charge on any atom is -0.487 e. The fourth-order valence-corrected chi connectivity index (χ4v) is 2.01. The van der Waals surface area contributed by atoms with Crippen LogP contribution in [0.3, 0.4) is 0 Å². The Hall–Kier alpha value is -1.55. The van der Waals surface area contributed by atoms with Gasteiger partial charge in [-0.15, -0.1) is 0 Å². The molecule has 2 rings (SSSR count). The van der Waals surface area contributed by atoms with Crippen molar-refractivity contribution in [3.8, 4) is 11.8 Å². The van der Waals surface area contributed by atoms with Crippen molar-refractivity contribution in [2.24, 2.45) is 7.05 Å². The molecule has 0 spiro atoms. The molecule has 5 heteroatoms. The van der Waals surface area contributed by atoms with Gasteiger partial charge in [-0.1, -0.05) is 0 Å². The second kappa shape index (κ2) is 5.19. The van der Waals surface area contributed by atoms with Gasteiger partial charge in [-0.2, -0.15) is 10.4 Å². The first-order valence-electron chi connectivity index (χ1n) is 5.00. The lowest BCUT2D eigenvalue weighted by Crippen LogP contribution is -2.04. The Morgan fingerprint density at radius 2 is 2.12 bits per heavy atom. The van der Waals surface area contributed by atoms with Crippen LogP contribution in [-0.4, -0.2) is 9.78 Å². The lowest BCUT2D eigenvalue weighted by Gasteiger charge is -2.07. The van der Waals surface area contributed by atoms with Gasteiger partial charge in [-0.3, -0.25) is 4.68 Å². The van der Waals surface area contributed by atoms with Crippen LogP contribution in [0.25, 0.3) is 0 Å². The van der Waals surface area contributed by atoms with Crippen molar-refractivity contribution in [2.45, 2.75) is 6.61 Å². The second-order valence-corrected chi connectivity index (χ2v) is 4.65. The van der Waals surface area contributed by atoms with Crippen LogP contribution in [0.15, 0.2) is 30.5 Å². The van der Waals surface area contributed by atoms with E-state index in [-0.39, 0.29) is 0 Å². The molecule has 1 heterocycles. The molecule has 0 radical (unpaired) electrons. The third-order valence-corrected chi connectivity index (χ3v) is 3.27. The summed E-state index contributed by atoms with van der Waals surface area (Å²) in [6, 6.07) is 9.14. The average Bonchev–Trinajstić information content (AvgIpc) is 2.67. The Balaban J connectivity index is 2.05. The maximum Gasteiger partial charge on any atom is 0.131 e. The second-order valence-electron chi connectivity index (χ2n) is 3.49. The molecule has 0 fully saturated rings. The molecule has 0 saturated carbocycles. The number of hydrogen-bond donors (Lipinski definition) is 0.